The van der Waals surface area contributed by atoms with Crippen molar-refractivity contribution < 1.29 is 5.11 Å². The van der Waals surface area contributed by atoms with Crippen LogP contribution in [0.25, 0.3) is 5.57 Å². The molecule has 0 unspecified atom stereocenters. The largest absolute Gasteiger partial charge is 0.392 e. The van der Waals surface area contributed by atoms with E-state index in [0.717, 1.165) is 54.6 Å². The summed E-state index contributed by atoms with van der Waals surface area (Å²) in [6.07, 6.45) is 14.4. The van der Waals surface area contributed by atoms with Gasteiger partial charge in [-0.05, 0) is 37.8 Å². The van der Waals surface area contributed by atoms with Crippen molar-refractivity contribution in [2.45, 2.75) is 51.5 Å². The van der Waals surface area contributed by atoms with Crippen LogP contribution in [-0.4, -0.2) is 47.6 Å². The van der Waals surface area contributed by atoms with E-state index in [0.29, 0.717) is 6.04 Å². The summed E-state index contributed by atoms with van der Waals surface area (Å²) in [6.45, 7) is 9.29. The minimum atomic E-state index is 0.0597. The molecule has 0 amide bonds. The van der Waals surface area contributed by atoms with Gasteiger partial charge in [0, 0.05) is 19.1 Å². The quantitative estimate of drug-likeness (QED) is 0.349. The first-order valence-corrected chi connectivity index (χ1v) is 10.5. The highest BCUT2D eigenvalue weighted by Gasteiger charge is 2.21. The third-order valence-corrected chi connectivity index (χ3v) is 5.66. The Kier molecular flexibility index (Phi) is 9.60. The number of piperidine rings is 1. The molecule has 26 heavy (non-hydrogen) atoms. The van der Waals surface area contributed by atoms with E-state index in [-0.39, 0.29) is 6.61 Å². The number of unbranched alkanes of at least 4 members (excludes halogenated alkanes) is 2. The molecule has 2 heterocycles. The number of hydrogen-bond donors (Lipinski definition) is 2. The molecule has 0 aliphatic carbocycles. The van der Waals surface area contributed by atoms with Crippen LogP contribution in [-0.2, 0) is 0 Å². The lowest BCUT2D eigenvalue weighted by molar-refractivity contribution is 0.342. The molecule has 0 bridgehead atoms. The lowest BCUT2D eigenvalue weighted by Crippen LogP contribution is -2.42. The number of rotatable bonds is 11. The fraction of sp³-hybridized carbons (Fsp3) is 0.600. The fourth-order valence-corrected chi connectivity index (χ4v) is 4.01. The summed E-state index contributed by atoms with van der Waals surface area (Å²) in [4.78, 5) is 2.35. The van der Waals surface area contributed by atoms with E-state index in [2.05, 4.69) is 33.9 Å². The van der Waals surface area contributed by atoms with Gasteiger partial charge in [0.1, 0.15) is 5.01 Å². The summed E-state index contributed by atoms with van der Waals surface area (Å²) in [5, 5.41) is 23.3. The number of nitrogens with one attached hydrogen (secondary N) is 1. The molecule has 144 valence electrons. The second-order valence-electron chi connectivity index (χ2n) is 6.60. The Morgan fingerprint density at radius 3 is 2.81 bits per heavy atom. The highest BCUT2D eigenvalue weighted by Crippen LogP contribution is 2.29. The van der Waals surface area contributed by atoms with Crippen LogP contribution in [0, 0.1) is 0 Å². The van der Waals surface area contributed by atoms with Crippen LogP contribution < -0.4 is 10.2 Å². The van der Waals surface area contributed by atoms with Crippen molar-refractivity contribution in [3.8, 4) is 0 Å². The molecule has 5 nitrogen and oxygen atoms in total. The van der Waals surface area contributed by atoms with Crippen molar-refractivity contribution in [3.63, 3.8) is 0 Å². The van der Waals surface area contributed by atoms with Crippen molar-refractivity contribution in [2.75, 3.05) is 31.1 Å². The van der Waals surface area contributed by atoms with Gasteiger partial charge in [-0.2, -0.15) is 0 Å². The van der Waals surface area contributed by atoms with Crippen molar-refractivity contribution in [1.82, 2.24) is 15.5 Å². The fourth-order valence-electron chi connectivity index (χ4n) is 3.08. The van der Waals surface area contributed by atoms with E-state index in [9.17, 15) is 0 Å². The third kappa shape index (κ3) is 6.67. The standard InChI is InChI=1S/C20H32N4OS/c1-3-5-7-13-21-18-11-14-24(15-12-18)20-23-22-19(26-20)17(9-4-2)10-6-8-16-25/h4,6,8-9,18,21,25H,2-3,5,7,10-16H2,1H3/b8-6+,17-9+. The van der Waals surface area contributed by atoms with E-state index in [1.54, 1.807) is 23.5 Å². The van der Waals surface area contributed by atoms with Gasteiger partial charge >= 0.3 is 0 Å². The summed E-state index contributed by atoms with van der Waals surface area (Å²) in [5.41, 5.74) is 1.08. The predicted octanol–water partition coefficient (Wildman–Crippen LogP) is 3.79. The van der Waals surface area contributed by atoms with Crippen molar-refractivity contribution in [3.05, 3.63) is 35.9 Å². The molecule has 6 heteroatoms. The molecule has 1 aliphatic rings. The molecular weight excluding hydrogens is 344 g/mol. The van der Waals surface area contributed by atoms with Crippen LogP contribution in [0.15, 0.2) is 30.9 Å². The average Bonchev–Trinajstić information content (AvgIpc) is 3.15. The molecule has 2 rings (SSSR count). The van der Waals surface area contributed by atoms with Gasteiger partial charge in [-0.1, -0.05) is 62.0 Å². The Bertz CT molecular complexity index is 588. The van der Waals surface area contributed by atoms with Crippen LogP contribution in [0.3, 0.4) is 0 Å². The zero-order chi connectivity index (χ0) is 18.6. The first-order valence-electron chi connectivity index (χ1n) is 9.68. The molecule has 0 radical (unpaired) electrons. The zero-order valence-corrected chi connectivity index (χ0v) is 16.7. The van der Waals surface area contributed by atoms with Crippen LogP contribution in [0.1, 0.15) is 50.5 Å². The molecule has 0 spiro atoms. The molecular formula is C20H32N4OS. The molecule has 1 aliphatic heterocycles. The normalized spacial score (nSPS) is 16.5. The monoisotopic (exact) mass is 376 g/mol. The average molecular weight is 377 g/mol. The highest BCUT2D eigenvalue weighted by molar-refractivity contribution is 7.16. The summed E-state index contributed by atoms with van der Waals surface area (Å²) in [6, 6.07) is 0.635. The van der Waals surface area contributed by atoms with Gasteiger partial charge in [0.2, 0.25) is 5.13 Å². The number of hydrogen-bond acceptors (Lipinski definition) is 6. The molecule has 0 saturated carbocycles. The number of anilines is 1. The molecule has 1 aromatic rings. The predicted molar refractivity (Wildman–Crippen MR) is 112 cm³/mol. The second-order valence-corrected chi connectivity index (χ2v) is 7.55. The number of aliphatic hydroxyl groups is 1. The van der Waals surface area contributed by atoms with Gasteiger partial charge in [0.05, 0.1) is 6.61 Å². The number of nitrogens with zero attached hydrogens (tertiary/aromatic N) is 3. The molecule has 1 aromatic heterocycles. The second kappa shape index (κ2) is 12.0. The lowest BCUT2D eigenvalue weighted by Gasteiger charge is -2.32. The van der Waals surface area contributed by atoms with Crippen molar-refractivity contribution >= 4 is 22.0 Å². The summed E-state index contributed by atoms with van der Waals surface area (Å²) in [5.74, 6) is 0. The first-order chi connectivity index (χ1) is 12.8. The maximum atomic E-state index is 8.89. The van der Waals surface area contributed by atoms with Gasteiger partial charge in [-0.15, -0.1) is 10.2 Å². The summed E-state index contributed by atoms with van der Waals surface area (Å²) >= 11 is 1.64. The van der Waals surface area contributed by atoms with E-state index in [4.69, 9.17) is 5.11 Å². The Hall–Kier alpha value is -1.50. The number of allylic oxidation sites excluding steroid dienone is 4. The number of aliphatic hydroxyl groups excluding tert-OH is 1. The maximum Gasteiger partial charge on any atom is 0.208 e. The molecule has 1 fully saturated rings. The van der Waals surface area contributed by atoms with Crippen molar-refractivity contribution in [1.29, 1.82) is 0 Å². The highest BCUT2D eigenvalue weighted by atomic mass is 32.1. The SMILES string of the molecule is C=C/C=C(\C/C=C/CO)c1nnc(N2CCC(NCCCCC)CC2)s1. The van der Waals surface area contributed by atoms with Crippen LogP contribution >= 0.6 is 11.3 Å². The topological polar surface area (TPSA) is 61.3 Å². The van der Waals surface area contributed by atoms with Gasteiger partial charge in [0.15, 0.2) is 0 Å². The minimum Gasteiger partial charge on any atom is -0.392 e. The Morgan fingerprint density at radius 1 is 1.31 bits per heavy atom. The Labute approximate surface area is 161 Å². The third-order valence-electron chi connectivity index (χ3n) is 4.60. The maximum absolute atomic E-state index is 8.89. The minimum absolute atomic E-state index is 0.0597. The van der Waals surface area contributed by atoms with Gasteiger partial charge < -0.3 is 15.3 Å². The Balaban J connectivity index is 1.86. The van der Waals surface area contributed by atoms with Crippen LogP contribution in [0.2, 0.25) is 0 Å². The van der Waals surface area contributed by atoms with E-state index < -0.39 is 0 Å². The van der Waals surface area contributed by atoms with Gasteiger partial charge in [-0.3, -0.25) is 0 Å². The molecule has 1 saturated heterocycles. The van der Waals surface area contributed by atoms with Gasteiger partial charge in [0.25, 0.3) is 0 Å². The molecule has 2 N–H and O–H groups in total. The molecule has 0 atom stereocenters. The zero-order valence-electron chi connectivity index (χ0n) is 15.9. The smallest absolute Gasteiger partial charge is 0.208 e. The summed E-state index contributed by atoms with van der Waals surface area (Å²) in [7, 11) is 0. The van der Waals surface area contributed by atoms with E-state index >= 15 is 0 Å². The Morgan fingerprint density at radius 2 is 2.12 bits per heavy atom. The first kappa shape index (κ1) is 20.8. The van der Waals surface area contributed by atoms with Gasteiger partial charge in [-0.25, -0.2) is 0 Å². The van der Waals surface area contributed by atoms with E-state index in [1.807, 2.05) is 12.2 Å². The van der Waals surface area contributed by atoms with Crippen LogP contribution in [0.4, 0.5) is 5.13 Å². The van der Waals surface area contributed by atoms with Crippen molar-refractivity contribution in [2.24, 2.45) is 0 Å². The van der Waals surface area contributed by atoms with E-state index in [1.165, 1.54) is 19.3 Å². The molecule has 0 aromatic carbocycles. The lowest BCUT2D eigenvalue weighted by atomic mass is 10.1. The summed E-state index contributed by atoms with van der Waals surface area (Å²) < 4.78 is 0. The number of aromatic nitrogens is 2. The van der Waals surface area contributed by atoms with Crippen LogP contribution in [0.5, 0.6) is 0 Å².